The predicted octanol–water partition coefficient (Wildman–Crippen LogP) is 4.00. The molecule has 1 aromatic carbocycles. The van der Waals surface area contributed by atoms with Gasteiger partial charge in [-0.05, 0) is 67.3 Å². The number of ether oxygens (including phenoxy) is 1. The van der Waals surface area contributed by atoms with E-state index >= 15 is 0 Å². The summed E-state index contributed by atoms with van der Waals surface area (Å²) in [5, 5.41) is 21.4. The zero-order valence-corrected chi connectivity index (χ0v) is 17.6. The van der Waals surface area contributed by atoms with Crippen molar-refractivity contribution in [2.45, 2.75) is 27.2 Å². The van der Waals surface area contributed by atoms with Crippen LogP contribution in [0.5, 0.6) is 0 Å². The summed E-state index contributed by atoms with van der Waals surface area (Å²) in [6, 6.07) is 4.56. The Bertz CT molecular complexity index is 1040. The van der Waals surface area contributed by atoms with Crippen molar-refractivity contribution in [3.05, 3.63) is 82.4 Å². The lowest BCUT2D eigenvalue weighted by molar-refractivity contribution is -0.110. The maximum Gasteiger partial charge on any atom is 0.336 e. The Labute approximate surface area is 180 Å². The Morgan fingerprint density at radius 2 is 1.97 bits per heavy atom. The number of carbonyl (C=O) groups is 3. The first kappa shape index (κ1) is 23.6. The molecule has 7 heteroatoms. The van der Waals surface area contributed by atoms with Crippen LogP contribution < -0.4 is 5.32 Å². The van der Waals surface area contributed by atoms with Crippen LogP contribution >= 0.6 is 0 Å². The van der Waals surface area contributed by atoms with Gasteiger partial charge in [-0.3, -0.25) is 9.59 Å². The standard InChI is InChI=1S/C24H25NO6/c1-4-5-6-19(9-10-26)31-22-13-18(28)11-15(2)23(22)16(3)20-8-7-17(25-14-27)12-21(20)24(29)30/h5-9,11-14,26H,4,10H2,1-3H3,(H,25,27)(H,29,30)/b6-5-,19-9+,23-16+. The fourth-order valence-electron chi connectivity index (χ4n) is 3.22. The molecule has 0 saturated heterocycles. The molecule has 31 heavy (non-hydrogen) atoms. The molecule has 7 nitrogen and oxygen atoms in total. The smallest absolute Gasteiger partial charge is 0.336 e. The van der Waals surface area contributed by atoms with Crippen molar-refractivity contribution in [3.63, 3.8) is 0 Å². The number of benzene rings is 1. The van der Waals surface area contributed by atoms with Gasteiger partial charge in [0.05, 0.1) is 12.2 Å². The molecule has 0 atom stereocenters. The molecule has 0 saturated carbocycles. The molecule has 0 fully saturated rings. The summed E-state index contributed by atoms with van der Waals surface area (Å²) < 4.78 is 5.94. The summed E-state index contributed by atoms with van der Waals surface area (Å²) in [6.45, 7) is 5.19. The zero-order chi connectivity index (χ0) is 23.0. The van der Waals surface area contributed by atoms with Gasteiger partial charge in [0.2, 0.25) is 6.41 Å². The third-order valence-electron chi connectivity index (χ3n) is 4.57. The van der Waals surface area contributed by atoms with E-state index in [9.17, 15) is 24.6 Å². The first-order valence-electron chi connectivity index (χ1n) is 9.71. The molecule has 0 radical (unpaired) electrons. The first-order valence-corrected chi connectivity index (χ1v) is 9.71. The Morgan fingerprint density at radius 3 is 2.58 bits per heavy atom. The molecule has 0 spiro atoms. The molecule has 2 rings (SSSR count). The third-order valence-corrected chi connectivity index (χ3v) is 4.57. The summed E-state index contributed by atoms with van der Waals surface area (Å²) >= 11 is 0. The average molecular weight is 423 g/mol. The largest absolute Gasteiger partial charge is 0.478 e. The van der Waals surface area contributed by atoms with Gasteiger partial charge in [-0.25, -0.2) is 4.79 Å². The van der Waals surface area contributed by atoms with Crippen LogP contribution in [0.15, 0.2) is 71.2 Å². The predicted molar refractivity (Wildman–Crippen MR) is 118 cm³/mol. The SMILES string of the molecule is CC/C=C\C(=C/CO)OC1=CC(=O)C=C(C)/C1=C(/C)c1ccc(NC=O)cc1C(=O)O. The molecule has 0 bridgehead atoms. The summed E-state index contributed by atoms with van der Waals surface area (Å²) in [6.07, 6.45) is 9.04. The molecule has 1 amide bonds. The fourth-order valence-corrected chi connectivity index (χ4v) is 3.22. The zero-order valence-electron chi connectivity index (χ0n) is 17.6. The number of aliphatic hydroxyl groups is 1. The molecule has 0 aromatic heterocycles. The van der Waals surface area contributed by atoms with Gasteiger partial charge < -0.3 is 20.3 Å². The highest BCUT2D eigenvalue weighted by Crippen LogP contribution is 2.35. The Balaban J connectivity index is 2.64. The van der Waals surface area contributed by atoms with Gasteiger partial charge in [0.1, 0.15) is 11.5 Å². The number of carbonyl (C=O) groups excluding carboxylic acids is 2. The van der Waals surface area contributed by atoms with E-state index in [2.05, 4.69) is 5.32 Å². The van der Waals surface area contributed by atoms with Crippen molar-refractivity contribution in [1.29, 1.82) is 0 Å². The number of aliphatic hydroxyl groups excluding tert-OH is 1. The molecular weight excluding hydrogens is 398 g/mol. The molecule has 1 aromatic rings. The number of rotatable bonds is 9. The lowest BCUT2D eigenvalue weighted by Crippen LogP contribution is -2.10. The van der Waals surface area contributed by atoms with Crippen LogP contribution in [0.1, 0.15) is 43.1 Å². The van der Waals surface area contributed by atoms with Crippen LogP contribution in [-0.2, 0) is 14.3 Å². The minimum absolute atomic E-state index is 0.00194. The highest BCUT2D eigenvalue weighted by molar-refractivity contribution is 6.05. The van der Waals surface area contributed by atoms with Gasteiger partial charge in [0.25, 0.3) is 0 Å². The van der Waals surface area contributed by atoms with Crippen LogP contribution in [-0.4, -0.2) is 35.0 Å². The van der Waals surface area contributed by atoms with E-state index < -0.39 is 5.97 Å². The number of amides is 1. The molecule has 3 N–H and O–H groups in total. The van der Waals surface area contributed by atoms with E-state index in [-0.39, 0.29) is 23.7 Å². The van der Waals surface area contributed by atoms with Crippen molar-refractivity contribution in [2.24, 2.45) is 0 Å². The van der Waals surface area contributed by atoms with Crippen LogP contribution in [0.3, 0.4) is 0 Å². The van der Waals surface area contributed by atoms with Crippen molar-refractivity contribution in [3.8, 4) is 0 Å². The van der Waals surface area contributed by atoms with E-state index in [0.29, 0.717) is 40.1 Å². The molecule has 0 aliphatic heterocycles. The number of hydrogen-bond donors (Lipinski definition) is 3. The maximum atomic E-state index is 12.2. The lowest BCUT2D eigenvalue weighted by Gasteiger charge is -2.21. The van der Waals surface area contributed by atoms with Crippen molar-refractivity contribution >= 4 is 29.4 Å². The minimum atomic E-state index is -1.16. The Hall–Kier alpha value is -3.71. The van der Waals surface area contributed by atoms with E-state index in [1.54, 1.807) is 32.1 Å². The molecule has 0 unspecified atom stereocenters. The topological polar surface area (TPSA) is 113 Å². The van der Waals surface area contributed by atoms with Crippen molar-refractivity contribution in [1.82, 2.24) is 0 Å². The van der Waals surface area contributed by atoms with E-state index in [1.807, 2.05) is 13.0 Å². The van der Waals surface area contributed by atoms with Crippen LogP contribution in [0, 0.1) is 0 Å². The number of carboxylic acids is 1. The van der Waals surface area contributed by atoms with E-state index in [1.165, 1.54) is 24.3 Å². The molecule has 1 aliphatic carbocycles. The molecule has 0 heterocycles. The van der Waals surface area contributed by atoms with Gasteiger partial charge in [0.15, 0.2) is 5.78 Å². The van der Waals surface area contributed by atoms with Gasteiger partial charge >= 0.3 is 5.97 Å². The number of hydrogen-bond acceptors (Lipinski definition) is 5. The van der Waals surface area contributed by atoms with Crippen LogP contribution in [0.25, 0.3) is 5.57 Å². The van der Waals surface area contributed by atoms with E-state index in [0.717, 1.165) is 6.42 Å². The Morgan fingerprint density at radius 1 is 1.23 bits per heavy atom. The number of ketones is 1. The molecule has 162 valence electrons. The Kier molecular flexibility index (Phi) is 8.28. The second-order valence-corrected chi connectivity index (χ2v) is 6.77. The summed E-state index contributed by atoms with van der Waals surface area (Å²) in [5.74, 6) is -0.783. The van der Waals surface area contributed by atoms with Crippen molar-refractivity contribution < 1.29 is 29.3 Å². The second kappa shape index (κ2) is 10.9. The number of aromatic carboxylic acids is 1. The summed E-state index contributed by atoms with van der Waals surface area (Å²) in [4.78, 5) is 34.7. The average Bonchev–Trinajstić information content (AvgIpc) is 2.71. The second-order valence-electron chi connectivity index (χ2n) is 6.77. The third kappa shape index (κ3) is 5.90. The number of carboxylic acid groups (broad SMARTS) is 1. The van der Waals surface area contributed by atoms with E-state index in [4.69, 9.17) is 4.74 Å². The normalized spacial score (nSPS) is 16.0. The van der Waals surface area contributed by atoms with Gasteiger partial charge in [-0.15, -0.1) is 0 Å². The summed E-state index contributed by atoms with van der Waals surface area (Å²) in [7, 11) is 0. The molecular formula is C24H25NO6. The number of nitrogens with one attached hydrogen (secondary N) is 1. The number of allylic oxidation sites excluding steroid dienone is 6. The monoisotopic (exact) mass is 423 g/mol. The summed E-state index contributed by atoms with van der Waals surface area (Å²) in [5.41, 5.74) is 2.56. The highest BCUT2D eigenvalue weighted by Gasteiger charge is 2.23. The highest BCUT2D eigenvalue weighted by atomic mass is 16.5. The van der Waals surface area contributed by atoms with Gasteiger partial charge in [-0.2, -0.15) is 0 Å². The minimum Gasteiger partial charge on any atom is -0.478 e. The van der Waals surface area contributed by atoms with Crippen molar-refractivity contribution in [2.75, 3.05) is 11.9 Å². The maximum absolute atomic E-state index is 12.2. The lowest BCUT2D eigenvalue weighted by atomic mass is 9.89. The molecule has 1 aliphatic rings. The van der Waals surface area contributed by atoms with Gasteiger partial charge in [0, 0.05) is 17.3 Å². The first-order chi connectivity index (χ1) is 14.8. The van der Waals surface area contributed by atoms with Crippen LogP contribution in [0.4, 0.5) is 5.69 Å². The fraction of sp³-hybridized carbons (Fsp3) is 0.208. The van der Waals surface area contributed by atoms with Crippen LogP contribution in [0.2, 0.25) is 0 Å². The quantitative estimate of drug-likeness (QED) is 0.314. The number of anilines is 1. The van der Waals surface area contributed by atoms with Gasteiger partial charge in [-0.1, -0.05) is 19.1 Å².